The van der Waals surface area contributed by atoms with Gasteiger partial charge < -0.3 is 9.80 Å². The second kappa shape index (κ2) is 6.62. The van der Waals surface area contributed by atoms with Gasteiger partial charge in [0.25, 0.3) is 0 Å². The summed E-state index contributed by atoms with van der Waals surface area (Å²) < 4.78 is 23.7. The molecule has 3 aliphatic rings. The number of anilines is 1. The first-order valence-corrected chi connectivity index (χ1v) is 11.6. The number of para-hydroxylation sites is 1. The van der Waals surface area contributed by atoms with Gasteiger partial charge in [-0.05, 0) is 50.7 Å². The van der Waals surface area contributed by atoms with Crippen molar-refractivity contribution in [3.05, 3.63) is 29.8 Å². The van der Waals surface area contributed by atoms with Crippen molar-refractivity contribution in [3.8, 4) is 0 Å². The van der Waals surface area contributed by atoms with Crippen molar-refractivity contribution in [1.29, 1.82) is 0 Å². The zero-order valence-electron chi connectivity index (χ0n) is 15.7. The monoisotopic (exact) mass is 390 g/mol. The number of hydrogen-bond acceptors (Lipinski definition) is 4. The molecule has 1 aliphatic carbocycles. The molecule has 2 fully saturated rings. The molecule has 0 spiro atoms. The number of benzene rings is 1. The van der Waals surface area contributed by atoms with Crippen LogP contribution in [0, 0.1) is 5.41 Å². The third-order valence-electron chi connectivity index (χ3n) is 6.17. The Balaban J connectivity index is 1.58. The summed E-state index contributed by atoms with van der Waals surface area (Å²) in [6, 6.07) is 7.59. The van der Waals surface area contributed by atoms with Gasteiger partial charge in [0.05, 0.1) is 11.5 Å². The van der Waals surface area contributed by atoms with E-state index in [1.165, 1.54) is 0 Å². The van der Waals surface area contributed by atoms with Gasteiger partial charge in [0.2, 0.25) is 11.8 Å². The lowest BCUT2D eigenvalue weighted by molar-refractivity contribution is -0.144. The van der Waals surface area contributed by atoms with E-state index in [1.807, 2.05) is 31.2 Å². The van der Waals surface area contributed by atoms with Crippen LogP contribution in [0.2, 0.25) is 0 Å². The molecule has 0 aromatic heterocycles. The average Bonchev–Trinajstić information content (AvgIpc) is 3.40. The molecule has 1 unspecified atom stereocenters. The Morgan fingerprint density at radius 3 is 2.63 bits per heavy atom. The fourth-order valence-electron chi connectivity index (χ4n) is 4.51. The molecule has 1 atom stereocenters. The maximum absolute atomic E-state index is 13.4. The zero-order chi connectivity index (χ0) is 19.2. The van der Waals surface area contributed by atoms with Crippen molar-refractivity contribution in [2.75, 3.05) is 29.5 Å². The Kier molecular flexibility index (Phi) is 4.53. The van der Waals surface area contributed by atoms with E-state index in [0.717, 1.165) is 24.1 Å². The van der Waals surface area contributed by atoms with Crippen molar-refractivity contribution < 1.29 is 18.0 Å². The molecule has 146 valence electrons. The van der Waals surface area contributed by atoms with E-state index in [1.54, 1.807) is 9.80 Å². The van der Waals surface area contributed by atoms with Gasteiger partial charge in [-0.3, -0.25) is 9.59 Å². The summed E-state index contributed by atoms with van der Waals surface area (Å²) in [4.78, 5) is 30.2. The Morgan fingerprint density at radius 1 is 1.26 bits per heavy atom. The van der Waals surface area contributed by atoms with Gasteiger partial charge in [-0.1, -0.05) is 18.2 Å². The zero-order valence-corrected chi connectivity index (χ0v) is 16.5. The van der Waals surface area contributed by atoms with Crippen LogP contribution in [0.1, 0.15) is 38.2 Å². The minimum atomic E-state index is -3.08. The molecule has 2 aliphatic heterocycles. The maximum atomic E-state index is 13.4. The first kappa shape index (κ1) is 18.5. The lowest BCUT2D eigenvalue weighted by Crippen LogP contribution is -2.51. The van der Waals surface area contributed by atoms with Crippen LogP contribution in [-0.4, -0.2) is 55.8 Å². The quantitative estimate of drug-likeness (QED) is 0.735. The summed E-state index contributed by atoms with van der Waals surface area (Å²) in [7, 11) is -3.08. The van der Waals surface area contributed by atoms with Gasteiger partial charge in [-0.25, -0.2) is 8.42 Å². The summed E-state index contributed by atoms with van der Waals surface area (Å²) >= 11 is 0. The van der Waals surface area contributed by atoms with Gasteiger partial charge >= 0.3 is 0 Å². The van der Waals surface area contributed by atoms with E-state index in [9.17, 15) is 18.0 Å². The minimum absolute atomic E-state index is 0.0173. The summed E-state index contributed by atoms with van der Waals surface area (Å²) in [5, 5.41) is 0. The normalized spacial score (nSPS) is 24.9. The van der Waals surface area contributed by atoms with E-state index in [2.05, 4.69) is 0 Å². The predicted molar refractivity (Wildman–Crippen MR) is 103 cm³/mol. The Bertz CT molecular complexity index is 876. The fraction of sp³-hybridized carbons (Fsp3) is 0.600. The van der Waals surface area contributed by atoms with Crippen LogP contribution in [0.4, 0.5) is 5.69 Å². The summed E-state index contributed by atoms with van der Waals surface area (Å²) in [5.74, 6) is -0.148. The second-order valence-corrected chi connectivity index (χ2v) is 10.1. The van der Waals surface area contributed by atoms with Crippen LogP contribution in [0.25, 0.3) is 0 Å². The van der Waals surface area contributed by atoms with E-state index in [4.69, 9.17) is 0 Å². The van der Waals surface area contributed by atoms with Crippen molar-refractivity contribution in [1.82, 2.24) is 4.90 Å². The Hall–Kier alpha value is -1.89. The molecule has 6 nitrogen and oxygen atoms in total. The molecule has 2 heterocycles. The molecule has 1 saturated heterocycles. The molecule has 27 heavy (non-hydrogen) atoms. The third-order valence-corrected chi connectivity index (χ3v) is 7.93. The van der Waals surface area contributed by atoms with Gasteiger partial charge in [0, 0.05) is 24.8 Å². The Labute approximate surface area is 160 Å². The molecule has 0 N–H and O–H groups in total. The molecule has 0 radical (unpaired) electrons. The highest BCUT2D eigenvalue weighted by Crippen LogP contribution is 2.50. The fourth-order valence-corrected chi connectivity index (χ4v) is 6.24. The molecule has 1 saturated carbocycles. The topological polar surface area (TPSA) is 74.8 Å². The molecule has 7 heteroatoms. The van der Waals surface area contributed by atoms with Crippen molar-refractivity contribution in [2.24, 2.45) is 5.41 Å². The number of carbonyl (C=O) groups is 2. The minimum Gasteiger partial charge on any atom is -0.338 e. The van der Waals surface area contributed by atoms with Crippen LogP contribution in [-0.2, 0) is 25.8 Å². The van der Waals surface area contributed by atoms with Gasteiger partial charge in [0.1, 0.15) is 5.41 Å². The van der Waals surface area contributed by atoms with Crippen LogP contribution in [0.3, 0.4) is 0 Å². The third kappa shape index (κ3) is 3.16. The van der Waals surface area contributed by atoms with Crippen molar-refractivity contribution in [2.45, 2.75) is 45.1 Å². The number of amides is 2. The van der Waals surface area contributed by atoms with E-state index in [0.29, 0.717) is 32.4 Å². The van der Waals surface area contributed by atoms with E-state index in [-0.39, 0.29) is 29.4 Å². The first-order valence-electron chi connectivity index (χ1n) is 9.79. The maximum Gasteiger partial charge on any atom is 0.242 e. The lowest BCUT2D eigenvalue weighted by atomic mass is 9.96. The number of hydrogen-bond donors (Lipinski definition) is 0. The molecule has 1 aromatic carbocycles. The van der Waals surface area contributed by atoms with Crippen LogP contribution < -0.4 is 4.90 Å². The number of fused-ring (bicyclic) bond motifs is 1. The number of nitrogens with zero attached hydrogens (tertiary/aromatic N) is 2. The molecular formula is C20H26N2O4S. The largest absolute Gasteiger partial charge is 0.338 e. The van der Waals surface area contributed by atoms with Gasteiger partial charge in [-0.15, -0.1) is 0 Å². The first-order chi connectivity index (χ1) is 12.9. The SMILES string of the molecule is CCN(C(=O)C1(C(=O)N2CCCc3ccccc32)CC1)C1CCS(=O)(=O)C1. The number of aryl methyl sites for hydroxylation is 1. The van der Waals surface area contributed by atoms with Crippen LogP contribution in [0.15, 0.2) is 24.3 Å². The smallest absolute Gasteiger partial charge is 0.242 e. The second-order valence-electron chi connectivity index (χ2n) is 7.92. The number of sulfone groups is 1. The Morgan fingerprint density at radius 2 is 2.00 bits per heavy atom. The average molecular weight is 391 g/mol. The molecule has 0 bridgehead atoms. The molecule has 4 rings (SSSR count). The van der Waals surface area contributed by atoms with Gasteiger partial charge in [0.15, 0.2) is 9.84 Å². The van der Waals surface area contributed by atoms with Gasteiger partial charge in [-0.2, -0.15) is 0 Å². The molecule has 1 aromatic rings. The summed E-state index contributed by atoms with van der Waals surface area (Å²) in [6.45, 7) is 2.93. The highest BCUT2D eigenvalue weighted by Gasteiger charge is 2.60. The van der Waals surface area contributed by atoms with E-state index >= 15 is 0 Å². The van der Waals surface area contributed by atoms with Crippen molar-refractivity contribution in [3.63, 3.8) is 0 Å². The predicted octanol–water partition coefficient (Wildman–Crippen LogP) is 1.78. The molecular weight excluding hydrogens is 364 g/mol. The van der Waals surface area contributed by atoms with E-state index < -0.39 is 15.3 Å². The highest BCUT2D eigenvalue weighted by atomic mass is 32.2. The summed E-state index contributed by atoms with van der Waals surface area (Å²) in [5.41, 5.74) is 1.07. The van der Waals surface area contributed by atoms with Crippen molar-refractivity contribution >= 4 is 27.3 Å². The number of carbonyl (C=O) groups excluding carboxylic acids is 2. The van der Waals surface area contributed by atoms with Crippen LogP contribution >= 0.6 is 0 Å². The number of rotatable bonds is 4. The highest BCUT2D eigenvalue weighted by molar-refractivity contribution is 7.91. The molecule has 2 amide bonds. The lowest BCUT2D eigenvalue weighted by Gasteiger charge is -2.35. The standard InChI is InChI=1S/C20H26N2O4S/c1-2-21(16-9-13-27(25,26)14-16)18(23)20(10-11-20)19(24)22-12-5-7-15-6-3-4-8-17(15)22/h3-4,6,8,16H,2,5,7,9-14H2,1H3. The van der Waals surface area contributed by atoms with Crippen LogP contribution in [0.5, 0.6) is 0 Å². The summed E-state index contributed by atoms with van der Waals surface area (Å²) in [6.07, 6.45) is 3.42.